The Morgan fingerprint density at radius 2 is 2.10 bits per heavy atom. The van der Waals surface area contributed by atoms with Gasteiger partial charge in [-0.15, -0.1) is 11.3 Å². The van der Waals surface area contributed by atoms with E-state index >= 15 is 0 Å². The maximum Gasteiger partial charge on any atom is 0.308 e. The van der Waals surface area contributed by atoms with Crippen molar-refractivity contribution in [3.63, 3.8) is 0 Å². The third-order valence-electron chi connectivity index (χ3n) is 3.37. The number of rotatable bonds is 6. The molecule has 1 aliphatic heterocycles. The lowest BCUT2D eigenvalue weighted by Crippen LogP contribution is -2.43. The van der Waals surface area contributed by atoms with E-state index in [0.29, 0.717) is 6.61 Å². The quantitative estimate of drug-likeness (QED) is 0.832. The summed E-state index contributed by atoms with van der Waals surface area (Å²) in [5.41, 5.74) is 0.768. The van der Waals surface area contributed by atoms with Gasteiger partial charge in [0.1, 0.15) is 5.01 Å². The molecule has 1 aliphatic rings. The Morgan fingerprint density at radius 1 is 1.40 bits per heavy atom. The van der Waals surface area contributed by atoms with Crippen molar-refractivity contribution in [2.24, 2.45) is 0 Å². The van der Waals surface area contributed by atoms with E-state index in [9.17, 15) is 4.79 Å². The fourth-order valence-electron chi connectivity index (χ4n) is 2.23. The summed E-state index contributed by atoms with van der Waals surface area (Å²) < 4.78 is 5.10. The average Bonchev–Trinajstić information content (AvgIpc) is 2.74. The number of hydrogen-bond donors (Lipinski definition) is 1. The molecule has 1 saturated heterocycles. The van der Waals surface area contributed by atoms with Crippen molar-refractivity contribution >= 4 is 17.3 Å². The number of carbonyl (C=O) groups is 1. The summed E-state index contributed by atoms with van der Waals surface area (Å²) in [5, 5.41) is 9.93. The molecule has 1 fully saturated rings. The van der Waals surface area contributed by atoms with E-state index in [2.05, 4.69) is 21.8 Å². The monoisotopic (exact) mass is 299 g/mol. The molecular formula is C13H21N3O3S. The maximum absolute atomic E-state index is 10.9. The third-order valence-corrected chi connectivity index (χ3v) is 4.45. The van der Waals surface area contributed by atoms with E-state index < -0.39 is 5.97 Å². The normalized spacial score (nSPS) is 17.5. The van der Waals surface area contributed by atoms with Gasteiger partial charge in [0.05, 0.1) is 25.3 Å². The van der Waals surface area contributed by atoms with E-state index in [1.54, 1.807) is 7.11 Å². The van der Waals surface area contributed by atoms with Crippen LogP contribution in [0.2, 0.25) is 0 Å². The second-order valence-corrected chi connectivity index (χ2v) is 6.23. The number of thiazole rings is 1. The van der Waals surface area contributed by atoms with Gasteiger partial charge in [0, 0.05) is 38.2 Å². The minimum atomic E-state index is -0.822. The number of aliphatic carboxylic acids is 1. The van der Waals surface area contributed by atoms with Crippen LogP contribution in [0.1, 0.15) is 15.6 Å². The van der Waals surface area contributed by atoms with Crippen molar-refractivity contribution in [1.82, 2.24) is 14.8 Å². The van der Waals surface area contributed by atoms with Gasteiger partial charge in [-0.05, 0) is 7.05 Å². The van der Waals surface area contributed by atoms with Crippen molar-refractivity contribution in [3.8, 4) is 0 Å². The number of carboxylic acid groups (broad SMARTS) is 1. The lowest BCUT2D eigenvalue weighted by molar-refractivity contribution is -0.136. The Bertz CT molecular complexity index is 456. The molecule has 0 amide bonds. The number of methoxy groups -OCH3 is 1. The van der Waals surface area contributed by atoms with Crippen LogP contribution in [-0.4, -0.2) is 66.2 Å². The zero-order chi connectivity index (χ0) is 14.5. The van der Waals surface area contributed by atoms with E-state index in [1.165, 1.54) is 11.3 Å². The second kappa shape index (κ2) is 7.12. The highest BCUT2D eigenvalue weighted by atomic mass is 32.1. The Morgan fingerprint density at radius 3 is 2.70 bits per heavy atom. The van der Waals surface area contributed by atoms with E-state index in [0.717, 1.165) is 48.3 Å². The van der Waals surface area contributed by atoms with Gasteiger partial charge >= 0.3 is 5.97 Å². The first kappa shape index (κ1) is 15.4. The average molecular weight is 299 g/mol. The molecule has 7 heteroatoms. The number of ether oxygens (including phenoxy) is 1. The summed E-state index contributed by atoms with van der Waals surface area (Å²) in [6, 6.07) is 0. The van der Waals surface area contributed by atoms with E-state index in [-0.39, 0.29) is 6.42 Å². The number of aromatic nitrogens is 1. The SMILES string of the molecule is COCc1nc(CN2CCN(C)CC2)sc1CC(=O)O. The molecule has 112 valence electrons. The van der Waals surface area contributed by atoms with Gasteiger partial charge in [-0.2, -0.15) is 0 Å². The number of carboxylic acids is 1. The molecule has 1 aromatic rings. The first-order chi connectivity index (χ1) is 9.58. The summed E-state index contributed by atoms with van der Waals surface area (Å²) in [6.45, 7) is 5.38. The van der Waals surface area contributed by atoms with Crippen molar-refractivity contribution in [1.29, 1.82) is 0 Å². The van der Waals surface area contributed by atoms with Crippen molar-refractivity contribution in [2.75, 3.05) is 40.3 Å². The topological polar surface area (TPSA) is 65.9 Å². The Labute approximate surface area is 123 Å². The summed E-state index contributed by atoms with van der Waals surface area (Å²) in [6.07, 6.45) is 0.0269. The maximum atomic E-state index is 10.9. The predicted molar refractivity (Wildman–Crippen MR) is 76.9 cm³/mol. The van der Waals surface area contributed by atoms with Crippen molar-refractivity contribution < 1.29 is 14.6 Å². The molecular weight excluding hydrogens is 278 g/mol. The Balaban J connectivity index is 2.02. The first-order valence-corrected chi connectivity index (χ1v) is 7.49. The van der Waals surface area contributed by atoms with Gasteiger partial charge in [-0.3, -0.25) is 9.69 Å². The molecule has 0 radical (unpaired) electrons. The molecule has 20 heavy (non-hydrogen) atoms. The molecule has 1 N–H and O–H groups in total. The fraction of sp³-hybridized carbons (Fsp3) is 0.692. The molecule has 0 aliphatic carbocycles. The number of nitrogens with zero attached hydrogens (tertiary/aromatic N) is 3. The molecule has 0 spiro atoms. The van der Waals surface area contributed by atoms with Crippen LogP contribution in [-0.2, 0) is 29.1 Å². The lowest BCUT2D eigenvalue weighted by Gasteiger charge is -2.31. The Hall–Kier alpha value is -1.02. The van der Waals surface area contributed by atoms with Crippen LogP contribution in [0.3, 0.4) is 0 Å². The summed E-state index contributed by atoms with van der Waals surface area (Å²) in [4.78, 5) is 20.9. The van der Waals surface area contributed by atoms with Gasteiger partial charge in [0.25, 0.3) is 0 Å². The highest BCUT2D eigenvalue weighted by Gasteiger charge is 2.18. The van der Waals surface area contributed by atoms with Gasteiger partial charge in [0.15, 0.2) is 0 Å². The molecule has 0 saturated carbocycles. The first-order valence-electron chi connectivity index (χ1n) is 6.67. The zero-order valence-corrected chi connectivity index (χ0v) is 12.8. The molecule has 0 unspecified atom stereocenters. The number of piperazine rings is 1. The van der Waals surface area contributed by atoms with Crippen LogP contribution >= 0.6 is 11.3 Å². The van der Waals surface area contributed by atoms with Crippen LogP contribution in [0.4, 0.5) is 0 Å². The number of hydrogen-bond acceptors (Lipinski definition) is 6. The molecule has 0 aromatic carbocycles. The molecule has 1 aromatic heterocycles. The standard InChI is InChI=1S/C13H21N3O3S/c1-15-3-5-16(6-4-15)8-12-14-10(9-19-2)11(20-12)7-13(17)18/h3-9H2,1-2H3,(H,17,18). The summed E-state index contributed by atoms with van der Waals surface area (Å²) >= 11 is 1.50. The lowest BCUT2D eigenvalue weighted by atomic mass is 10.3. The predicted octanol–water partition coefficient (Wildman–Crippen LogP) is 0.664. The fourth-order valence-corrected chi connectivity index (χ4v) is 3.33. The summed E-state index contributed by atoms with van der Waals surface area (Å²) in [7, 11) is 3.73. The molecule has 6 nitrogen and oxygen atoms in total. The molecule has 0 bridgehead atoms. The smallest absolute Gasteiger partial charge is 0.308 e. The van der Waals surface area contributed by atoms with Crippen LogP contribution in [0.15, 0.2) is 0 Å². The number of likely N-dealkylation sites (N-methyl/N-ethyl adjacent to an activating group) is 1. The molecule has 0 atom stereocenters. The van der Waals surface area contributed by atoms with Gasteiger partial charge < -0.3 is 14.7 Å². The van der Waals surface area contributed by atoms with Crippen LogP contribution in [0.5, 0.6) is 0 Å². The second-order valence-electron chi connectivity index (χ2n) is 5.06. The van der Waals surface area contributed by atoms with Crippen LogP contribution in [0, 0.1) is 0 Å². The largest absolute Gasteiger partial charge is 0.481 e. The third kappa shape index (κ3) is 4.24. The van der Waals surface area contributed by atoms with E-state index in [4.69, 9.17) is 9.84 Å². The van der Waals surface area contributed by atoms with Crippen LogP contribution in [0.25, 0.3) is 0 Å². The molecule has 2 rings (SSSR count). The minimum Gasteiger partial charge on any atom is -0.481 e. The summed E-state index contributed by atoms with van der Waals surface area (Å²) in [5.74, 6) is -0.822. The minimum absolute atomic E-state index is 0.0269. The van der Waals surface area contributed by atoms with Gasteiger partial charge in [-0.1, -0.05) is 0 Å². The van der Waals surface area contributed by atoms with E-state index in [1.807, 2.05) is 0 Å². The molecule has 2 heterocycles. The van der Waals surface area contributed by atoms with Crippen LogP contribution < -0.4 is 0 Å². The highest BCUT2D eigenvalue weighted by molar-refractivity contribution is 7.11. The van der Waals surface area contributed by atoms with Gasteiger partial charge in [0.2, 0.25) is 0 Å². The zero-order valence-electron chi connectivity index (χ0n) is 12.0. The van der Waals surface area contributed by atoms with Crippen molar-refractivity contribution in [3.05, 3.63) is 15.6 Å². The van der Waals surface area contributed by atoms with Crippen molar-refractivity contribution in [2.45, 2.75) is 19.6 Å². The highest BCUT2D eigenvalue weighted by Crippen LogP contribution is 2.22. The Kier molecular flexibility index (Phi) is 5.47. The van der Waals surface area contributed by atoms with Gasteiger partial charge in [-0.25, -0.2) is 4.98 Å².